The Kier molecular flexibility index (Phi) is 5.33. The zero-order valence-electron chi connectivity index (χ0n) is 14.7. The van der Waals surface area contributed by atoms with Crippen molar-refractivity contribution in [1.82, 2.24) is 5.32 Å². The number of nitriles is 1. The molecule has 132 valence electrons. The minimum absolute atomic E-state index is 0.0631. The normalized spacial score (nSPS) is 14.8. The molecule has 0 radical (unpaired) electrons. The number of nitrogens with zero attached hydrogens (tertiary/aromatic N) is 2. The van der Waals surface area contributed by atoms with Crippen LogP contribution in [0.4, 0.5) is 5.69 Å². The number of hydrogen-bond acceptors (Lipinski definition) is 3. The first-order valence-electron chi connectivity index (χ1n) is 8.75. The molecule has 0 aromatic heterocycles. The average Bonchev–Trinajstić information content (AvgIpc) is 3.08. The number of carbonyl (C=O) groups excluding carboxylic acids is 2. The van der Waals surface area contributed by atoms with Crippen molar-refractivity contribution in [2.24, 2.45) is 0 Å². The Morgan fingerprint density at radius 3 is 2.46 bits per heavy atom. The lowest BCUT2D eigenvalue weighted by Crippen LogP contribution is -2.28. The summed E-state index contributed by atoms with van der Waals surface area (Å²) in [6.07, 6.45) is 1.79. The zero-order valence-corrected chi connectivity index (χ0v) is 14.7. The van der Waals surface area contributed by atoms with Gasteiger partial charge in [-0.3, -0.25) is 9.59 Å². The van der Waals surface area contributed by atoms with Gasteiger partial charge in [0.15, 0.2) is 0 Å². The van der Waals surface area contributed by atoms with Crippen molar-refractivity contribution in [2.45, 2.75) is 32.2 Å². The Hall–Kier alpha value is -3.13. The largest absolute Gasteiger partial charge is 0.349 e. The van der Waals surface area contributed by atoms with Crippen LogP contribution in [0.5, 0.6) is 0 Å². The topological polar surface area (TPSA) is 73.2 Å². The third-order valence-corrected chi connectivity index (χ3v) is 4.60. The van der Waals surface area contributed by atoms with Gasteiger partial charge >= 0.3 is 0 Å². The molecule has 0 spiro atoms. The molecule has 1 saturated heterocycles. The van der Waals surface area contributed by atoms with E-state index in [2.05, 4.69) is 11.4 Å². The number of anilines is 1. The lowest BCUT2D eigenvalue weighted by atomic mass is 10.1. The highest BCUT2D eigenvalue weighted by Gasteiger charge is 2.21. The average molecular weight is 347 g/mol. The summed E-state index contributed by atoms with van der Waals surface area (Å²) in [4.78, 5) is 25.9. The summed E-state index contributed by atoms with van der Waals surface area (Å²) < 4.78 is 0. The van der Waals surface area contributed by atoms with Crippen LogP contribution in [0.25, 0.3) is 0 Å². The molecule has 1 aliphatic rings. The number of nitrogens with one attached hydrogen (secondary N) is 1. The maximum Gasteiger partial charge on any atom is 0.227 e. The summed E-state index contributed by atoms with van der Waals surface area (Å²) in [5, 5.41) is 11.8. The van der Waals surface area contributed by atoms with Gasteiger partial charge in [0.25, 0.3) is 0 Å². The van der Waals surface area contributed by atoms with E-state index < -0.39 is 0 Å². The summed E-state index contributed by atoms with van der Waals surface area (Å²) in [7, 11) is 0. The first-order chi connectivity index (χ1) is 12.6. The Bertz CT molecular complexity index is 835. The first-order valence-corrected chi connectivity index (χ1v) is 8.75. The molecule has 1 fully saturated rings. The van der Waals surface area contributed by atoms with Gasteiger partial charge in [0, 0.05) is 18.7 Å². The third kappa shape index (κ3) is 4.09. The van der Waals surface area contributed by atoms with Gasteiger partial charge in [0.05, 0.1) is 24.1 Å². The number of benzene rings is 2. The van der Waals surface area contributed by atoms with Crippen LogP contribution in [0, 0.1) is 11.3 Å². The van der Waals surface area contributed by atoms with Crippen LogP contribution in [0.3, 0.4) is 0 Å². The molecule has 0 bridgehead atoms. The van der Waals surface area contributed by atoms with E-state index >= 15 is 0 Å². The minimum Gasteiger partial charge on any atom is -0.349 e. The third-order valence-electron chi connectivity index (χ3n) is 4.60. The van der Waals surface area contributed by atoms with Crippen molar-refractivity contribution in [1.29, 1.82) is 5.26 Å². The van der Waals surface area contributed by atoms with Crippen LogP contribution in [-0.2, 0) is 16.0 Å². The molecule has 2 aromatic carbocycles. The highest BCUT2D eigenvalue weighted by Crippen LogP contribution is 2.22. The highest BCUT2D eigenvalue weighted by atomic mass is 16.2. The molecule has 1 N–H and O–H groups in total. The van der Waals surface area contributed by atoms with Crippen LogP contribution < -0.4 is 10.2 Å². The van der Waals surface area contributed by atoms with Crippen LogP contribution in [0.1, 0.15) is 42.5 Å². The Labute approximate surface area is 153 Å². The molecule has 5 nitrogen and oxygen atoms in total. The molecule has 3 rings (SSSR count). The van der Waals surface area contributed by atoms with E-state index in [0.29, 0.717) is 12.0 Å². The van der Waals surface area contributed by atoms with Crippen LogP contribution in [0.2, 0.25) is 0 Å². The lowest BCUT2D eigenvalue weighted by molar-refractivity contribution is -0.121. The molecule has 1 unspecified atom stereocenters. The molecular weight excluding hydrogens is 326 g/mol. The van der Waals surface area contributed by atoms with Crippen molar-refractivity contribution in [2.75, 3.05) is 11.4 Å². The summed E-state index contributed by atoms with van der Waals surface area (Å²) in [5.74, 6) is 0.0959. The fourth-order valence-corrected chi connectivity index (χ4v) is 3.12. The molecule has 1 atom stereocenters. The number of carbonyl (C=O) groups is 2. The minimum atomic E-state index is -0.128. The number of amides is 2. The second kappa shape index (κ2) is 7.83. The van der Waals surface area contributed by atoms with E-state index in [1.807, 2.05) is 43.3 Å². The van der Waals surface area contributed by atoms with Gasteiger partial charge in [-0.2, -0.15) is 5.26 Å². The van der Waals surface area contributed by atoms with Crippen molar-refractivity contribution >= 4 is 17.5 Å². The fourth-order valence-electron chi connectivity index (χ4n) is 3.12. The molecule has 2 amide bonds. The smallest absolute Gasteiger partial charge is 0.227 e. The second-order valence-electron chi connectivity index (χ2n) is 6.52. The van der Waals surface area contributed by atoms with Crippen molar-refractivity contribution in [3.63, 3.8) is 0 Å². The van der Waals surface area contributed by atoms with E-state index in [9.17, 15) is 9.59 Å². The van der Waals surface area contributed by atoms with E-state index in [4.69, 9.17) is 5.26 Å². The summed E-state index contributed by atoms with van der Waals surface area (Å²) >= 11 is 0. The molecule has 5 heteroatoms. The molecular formula is C21H21N3O2. The van der Waals surface area contributed by atoms with Crippen LogP contribution >= 0.6 is 0 Å². The molecule has 0 saturated carbocycles. The predicted molar refractivity (Wildman–Crippen MR) is 99.4 cm³/mol. The van der Waals surface area contributed by atoms with Crippen molar-refractivity contribution in [3.05, 3.63) is 65.2 Å². The predicted octanol–water partition coefficient (Wildman–Crippen LogP) is 3.10. The van der Waals surface area contributed by atoms with Crippen molar-refractivity contribution < 1.29 is 9.59 Å². The molecule has 26 heavy (non-hydrogen) atoms. The van der Waals surface area contributed by atoms with E-state index in [1.165, 1.54) is 0 Å². The standard InChI is InChI=1S/C21H21N3O2/c1-15(18-8-4-17(14-22)5-9-18)23-20(25)13-16-6-10-19(11-7-16)24-12-2-3-21(24)26/h4-11,15H,2-3,12-13H2,1H3,(H,23,25). The SMILES string of the molecule is CC(NC(=O)Cc1ccc(N2CCCC2=O)cc1)c1ccc(C#N)cc1. The monoisotopic (exact) mass is 347 g/mol. The summed E-state index contributed by atoms with van der Waals surface area (Å²) in [6, 6.07) is 16.7. The molecule has 1 aliphatic heterocycles. The molecule has 1 heterocycles. The fraction of sp³-hybridized carbons (Fsp3) is 0.286. The second-order valence-corrected chi connectivity index (χ2v) is 6.52. The molecule has 2 aromatic rings. The van der Waals surface area contributed by atoms with E-state index in [0.717, 1.165) is 29.8 Å². The van der Waals surface area contributed by atoms with Gasteiger partial charge in [0.2, 0.25) is 11.8 Å². The van der Waals surface area contributed by atoms with Crippen LogP contribution in [-0.4, -0.2) is 18.4 Å². The maximum atomic E-state index is 12.3. The zero-order chi connectivity index (χ0) is 18.5. The Balaban J connectivity index is 1.57. The van der Waals surface area contributed by atoms with Crippen molar-refractivity contribution in [3.8, 4) is 6.07 Å². The summed E-state index contributed by atoms with van der Waals surface area (Å²) in [6.45, 7) is 2.68. The number of rotatable bonds is 5. The van der Waals surface area contributed by atoms with Gasteiger partial charge in [0.1, 0.15) is 0 Å². The first kappa shape index (κ1) is 17.7. The maximum absolute atomic E-state index is 12.3. The highest BCUT2D eigenvalue weighted by molar-refractivity contribution is 5.95. The van der Waals surface area contributed by atoms with Crippen LogP contribution in [0.15, 0.2) is 48.5 Å². The number of hydrogen-bond donors (Lipinski definition) is 1. The van der Waals surface area contributed by atoms with E-state index in [-0.39, 0.29) is 24.3 Å². The summed E-state index contributed by atoms with van der Waals surface area (Å²) in [5.41, 5.74) is 3.36. The Morgan fingerprint density at radius 2 is 1.88 bits per heavy atom. The lowest BCUT2D eigenvalue weighted by Gasteiger charge is -2.17. The quantitative estimate of drug-likeness (QED) is 0.903. The van der Waals surface area contributed by atoms with Gasteiger partial charge in [-0.05, 0) is 48.7 Å². The van der Waals surface area contributed by atoms with Gasteiger partial charge in [-0.15, -0.1) is 0 Å². The van der Waals surface area contributed by atoms with Gasteiger partial charge in [-0.1, -0.05) is 24.3 Å². The van der Waals surface area contributed by atoms with E-state index in [1.54, 1.807) is 17.0 Å². The Morgan fingerprint density at radius 1 is 1.19 bits per heavy atom. The van der Waals surface area contributed by atoms with Gasteiger partial charge in [-0.25, -0.2) is 0 Å². The molecule has 0 aliphatic carbocycles. The van der Waals surface area contributed by atoms with Gasteiger partial charge < -0.3 is 10.2 Å².